The van der Waals surface area contributed by atoms with E-state index in [9.17, 15) is 13.2 Å². The van der Waals surface area contributed by atoms with Crippen LogP contribution in [0.1, 0.15) is 24.8 Å². The fraction of sp³-hybridized carbons (Fsp3) is 0.435. The quantitative estimate of drug-likeness (QED) is 0.792. The number of hydrogen-bond acceptors (Lipinski definition) is 5. The van der Waals surface area contributed by atoms with Gasteiger partial charge in [-0.15, -0.1) is 0 Å². The first-order valence-corrected chi connectivity index (χ1v) is 12.3. The van der Waals surface area contributed by atoms with Crippen LogP contribution in [0.25, 0.3) is 11.1 Å². The molecule has 2 aliphatic rings. The third-order valence-electron chi connectivity index (χ3n) is 6.00. The third-order valence-corrected chi connectivity index (χ3v) is 7.13. The molecular weight excluding hydrogens is 400 g/mol. The van der Waals surface area contributed by atoms with E-state index >= 15 is 0 Å². The Balaban J connectivity index is 1.44. The van der Waals surface area contributed by atoms with Gasteiger partial charge in [0.05, 0.1) is 17.5 Å². The van der Waals surface area contributed by atoms with Crippen molar-refractivity contribution in [2.45, 2.75) is 42.7 Å². The van der Waals surface area contributed by atoms with Crippen molar-refractivity contribution in [2.24, 2.45) is 0 Å². The molecule has 2 heterocycles. The molecule has 1 N–H and O–H groups in total. The number of likely N-dealkylation sites (N-methyl/N-ethyl adjacent to an activating group) is 1. The van der Waals surface area contributed by atoms with Crippen molar-refractivity contribution in [3.05, 3.63) is 48.0 Å². The maximum absolute atomic E-state index is 12.6. The van der Waals surface area contributed by atoms with Crippen molar-refractivity contribution in [3.63, 3.8) is 0 Å². The van der Waals surface area contributed by atoms with Crippen molar-refractivity contribution < 1.29 is 17.9 Å². The van der Waals surface area contributed by atoms with Gasteiger partial charge in [-0.3, -0.25) is 9.69 Å². The Morgan fingerprint density at radius 1 is 1.17 bits per heavy atom. The van der Waals surface area contributed by atoms with Crippen molar-refractivity contribution in [1.82, 2.24) is 10.2 Å². The number of amides is 1. The molecule has 0 unspecified atom stereocenters. The zero-order valence-corrected chi connectivity index (χ0v) is 18.2. The van der Waals surface area contributed by atoms with Crippen LogP contribution in [0.5, 0.6) is 5.75 Å². The lowest BCUT2D eigenvalue weighted by Crippen LogP contribution is -2.49. The molecule has 0 saturated carbocycles. The molecule has 0 spiro atoms. The first-order chi connectivity index (χ1) is 14.3. The monoisotopic (exact) mass is 428 g/mol. The average molecular weight is 429 g/mol. The van der Waals surface area contributed by atoms with E-state index in [0.717, 1.165) is 54.7 Å². The molecule has 1 saturated heterocycles. The lowest BCUT2D eigenvalue weighted by molar-refractivity contribution is -0.127. The highest BCUT2D eigenvalue weighted by atomic mass is 32.2. The molecule has 1 amide bonds. The number of ether oxygens (including phenoxy) is 1. The Kier molecular flexibility index (Phi) is 5.84. The van der Waals surface area contributed by atoms with Crippen LogP contribution < -0.4 is 10.1 Å². The van der Waals surface area contributed by atoms with Crippen LogP contribution >= 0.6 is 0 Å². The molecule has 30 heavy (non-hydrogen) atoms. The maximum Gasteiger partial charge on any atom is 0.237 e. The van der Waals surface area contributed by atoms with E-state index in [2.05, 4.69) is 10.2 Å². The van der Waals surface area contributed by atoms with Gasteiger partial charge in [-0.1, -0.05) is 36.8 Å². The van der Waals surface area contributed by atoms with E-state index in [1.807, 2.05) is 37.4 Å². The van der Waals surface area contributed by atoms with Crippen molar-refractivity contribution in [1.29, 1.82) is 0 Å². The van der Waals surface area contributed by atoms with Crippen LogP contribution in [0.3, 0.4) is 0 Å². The second-order valence-corrected chi connectivity index (χ2v) is 10.3. The number of para-hydroxylation sites is 1. The smallest absolute Gasteiger partial charge is 0.237 e. The normalized spacial score (nSPS) is 21.7. The SMILES string of the molecule is CN1CCCC[C@@H]1C(=O)NC[C@@H]1Cc2cccc(-c3ccc(S(C)(=O)=O)cc3)c2O1. The summed E-state index contributed by atoms with van der Waals surface area (Å²) in [5, 5.41) is 3.07. The van der Waals surface area contributed by atoms with Gasteiger partial charge < -0.3 is 10.1 Å². The van der Waals surface area contributed by atoms with Crippen LogP contribution in [-0.4, -0.2) is 57.8 Å². The number of fused-ring (bicyclic) bond motifs is 1. The molecule has 0 radical (unpaired) electrons. The summed E-state index contributed by atoms with van der Waals surface area (Å²) in [7, 11) is -1.22. The Bertz CT molecular complexity index is 1030. The molecule has 0 aromatic heterocycles. The molecule has 2 atom stereocenters. The zero-order valence-electron chi connectivity index (χ0n) is 17.4. The van der Waals surface area contributed by atoms with Gasteiger partial charge in [0.1, 0.15) is 11.9 Å². The highest BCUT2D eigenvalue weighted by Crippen LogP contribution is 2.39. The third kappa shape index (κ3) is 4.37. The van der Waals surface area contributed by atoms with Gasteiger partial charge >= 0.3 is 0 Å². The predicted molar refractivity (Wildman–Crippen MR) is 116 cm³/mol. The Labute approximate surface area is 178 Å². The number of carbonyl (C=O) groups excluding carboxylic acids is 1. The zero-order chi connectivity index (χ0) is 21.3. The van der Waals surface area contributed by atoms with E-state index in [4.69, 9.17) is 4.74 Å². The Hall–Kier alpha value is -2.38. The number of likely N-dealkylation sites (tertiary alicyclic amines) is 1. The average Bonchev–Trinajstić information content (AvgIpc) is 3.15. The van der Waals surface area contributed by atoms with E-state index in [1.54, 1.807) is 12.1 Å². The number of carbonyl (C=O) groups is 1. The van der Waals surface area contributed by atoms with Crippen molar-refractivity contribution in [3.8, 4) is 16.9 Å². The molecule has 0 bridgehead atoms. The van der Waals surface area contributed by atoms with Crippen LogP contribution in [0.4, 0.5) is 0 Å². The largest absolute Gasteiger partial charge is 0.487 e. The molecule has 2 aromatic rings. The first-order valence-electron chi connectivity index (χ1n) is 10.4. The van der Waals surface area contributed by atoms with Gasteiger partial charge in [0.25, 0.3) is 0 Å². The lowest BCUT2D eigenvalue weighted by Gasteiger charge is -2.31. The highest BCUT2D eigenvalue weighted by Gasteiger charge is 2.29. The standard InChI is InChI=1S/C23H28N2O4S/c1-25-13-4-3-8-21(25)23(26)24-15-18-14-17-6-5-7-20(22(17)29-18)16-9-11-19(12-10-16)30(2,27)28/h5-7,9-12,18,21H,3-4,8,13-15H2,1-2H3,(H,24,26)/t18-,21+/m0/s1. The van der Waals surface area contributed by atoms with Crippen molar-refractivity contribution >= 4 is 15.7 Å². The van der Waals surface area contributed by atoms with Gasteiger partial charge in [0, 0.05) is 18.2 Å². The Morgan fingerprint density at radius 2 is 1.93 bits per heavy atom. The predicted octanol–water partition coefficient (Wildman–Crippen LogP) is 2.66. The second kappa shape index (κ2) is 8.40. The summed E-state index contributed by atoms with van der Waals surface area (Å²) in [6.07, 6.45) is 4.99. The number of hydrogen-bond donors (Lipinski definition) is 1. The molecule has 1 fully saturated rings. The minimum Gasteiger partial charge on any atom is -0.487 e. The molecule has 2 aliphatic heterocycles. The molecule has 7 heteroatoms. The summed E-state index contributed by atoms with van der Waals surface area (Å²) < 4.78 is 29.6. The number of benzene rings is 2. The second-order valence-electron chi connectivity index (χ2n) is 8.27. The van der Waals surface area contributed by atoms with E-state index < -0.39 is 9.84 Å². The minimum atomic E-state index is -3.23. The van der Waals surface area contributed by atoms with Crippen LogP contribution in [0.15, 0.2) is 47.4 Å². The van der Waals surface area contributed by atoms with Gasteiger partial charge in [-0.05, 0) is 49.7 Å². The molecule has 0 aliphatic carbocycles. The molecular formula is C23H28N2O4S. The topological polar surface area (TPSA) is 75.7 Å². The van der Waals surface area contributed by atoms with Gasteiger partial charge in [-0.25, -0.2) is 8.42 Å². The fourth-order valence-electron chi connectivity index (χ4n) is 4.30. The number of piperidine rings is 1. The molecule has 6 nitrogen and oxygen atoms in total. The molecule has 4 rings (SSSR count). The first kappa shape index (κ1) is 20.9. The van der Waals surface area contributed by atoms with Gasteiger partial charge in [0.2, 0.25) is 5.91 Å². The van der Waals surface area contributed by atoms with Crippen LogP contribution in [0.2, 0.25) is 0 Å². The summed E-state index contributed by atoms with van der Waals surface area (Å²) >= 11 is 0. The summed E-state index contributed by atoms with van der Waals surface area (Å²) in [4.78, 5) is 15.0. The minimum absolute atomic E-state index is 0.0496. The highest BCUT2D eigenvalue weighted by molar-refractivity contribution is 7.90. The van der Waals surface area contributed by atoms with Gasteiger partial charge in [0.15, 0.2) is 9.84 Å². The van der Waals surface area contributed by atoms with Gasteiger partial charge in [-0.2, -0.15) is 0 Å². The van der Waals surface area contributed by atoms with Crippen LogP contribution in [0, 0.1) is 0 Å². The lowest BCUT2D eigenvalue weighted by atomic mass is 10.0. The number of nitrogens with one attached hydrogen (secondary N) is 1. The molecule has 2 aromatic carbocycles. The summed E-state index contributed by atoms with van der Waals surface area (Å²) in [5.41, 5.74) is 2.95. The summed E-state index contributed by atoms with van der Waals surface area (Å²) in [6.45, 7) is 1.44. The number of nitrogens with zero attached hydrogens (tertiary/aromatic N) is 1. The van der Waals surface area contributed by atoms with Crippen LogP contribution in [-0.2, 0) is 21.1 Å². The number of rotatable bonds is 5. The summed E-state index contributed by atoms with van der Waals surface area (Å²) in [5.74, 6) is 0.895. The fourth-order valence-corrected chi connectivity index (χ4v) is 4.93. The Morgan fingerprint density at radius 3 is 2.63 bits per heavy atom. The van der Waals surface area contributed by atoms with E-state index in [0.29, 0.717) is 11.4 Å². The summed E-state index contributed by atoms with van der Waals surface area (Å²) in [6, 6.07) is 12.8. The number of sulfone groups is 1. The van der Waals surface area contributed by atoms with E-state index in [1.165, 1.54) is 6.26 Å². The maximum atomic E-state index is 12.6. The molecule has 160 valence electrons. The van der Waals surface area contributed by atoms with Crippen molar-refractivity contribution in [2.75, 3.05) is 26.4 Å². The van der Waals surface area contributed by atoms with E-state index in [-0.39, 0.29) is 18.1 Å².